The number of rotatable bonds is 5. The highest BCUT2D eigenvalue weighted by atomic mass is 19.1. The van der Waals surface area contributed by atoms with Gasteiger partial charge in [0.15, 0.2) is 0 Å². The molecule has 0 amide bonds. The Kier molecular flexibility index (Phi) is 9.08. The Hall–Kier alpha value is -2.67. The Morgan fingerprint density at radius 1 is 0.439 bits per heavy atom. The van der Waals surface area contributed by atoms with E-state index in [2.05, 4.69) is 90.0 Å². The maximum Gasteiger partial charge on any atom is 0.0827 e. The number of benzene rings is 3. The van der Waals surface area contributed by atoms with Crippen molar-refractivity contribution in [2.45, 2.75) is 128 Å². The first-order chi connectivity index (χ1) is 19.3. The zero-order valence-electron chi connectivity index (χ0n) is 28.2. The largest absolute Gasteiger partial charge is 0.216 e. The van der Waals surface area contributed by atoms with E-state index in [-0.39, 0.29) is 0 Å². The normalized spacial score (nSPS) is 17.6. The smallest absolute Gasteiger partial charge is 0.0827 e. The van der Waals surface area contributed by atoms with Crippen molar-refractivity contribution in [2.24, 2.45) is 5.92 Å². The maximum atomic E-state index is 12.6. The first kappa shape index (κ1) is 31.3. The Labute approximate surface area is 250 Å². The van der Waals surface area contributed by atoms with Gasteiger partial charge in [0, 0.05) is 0 Å². The number of halogens is 1. The molecule has 0 aromatic heterocycles. The molecule has 3 aromatic carbocycles. The summed E-state index contributed by atoms with van der Waals surface area (Å²) < 4.78 is 12.6. The molecular formula is C40H53F. The summed E-state index contributed by atoms with van der Waals surface area (Å²) >= 11 is 0. The van der Waals surface area contributed by atoms with E-state index in [0.29, 0.717) is 11.8 Å². The fraction of sp³-hybridized carbons (Fsp3) is 0.500. The van der Waals surface area contributed by atoms with Crippen molar-refractivity contribution in [3.8, 4) is 22.3 Å². The minimum Gasteiger partial charge on any atom is -0.216 e. The van der Waals surface area contributed by atoms with E-state index in [1.807, 2.05) is 0 Å². The fourth-order valence-corrected chi connectivity index (χ4v) is 8.20. The second-order valence-electron chi connectivity index (χ2n) is 13.4. The number of hydrogen-bond acceptors (Lipinski definition) is 0. The van der Waals surface area contributed by atoms with Crippen molar-refractivity contribution < 1.29 is 4.39 Å². The third-order valence-corrected chi connectivity index (χ3v) is 11.6. The summed E-state index contributed by atoms with van der Waals surface area (Å²) in [6.45, 7) is 30.3. The molecule has 41 heavy (non-hydrogen) atoms. The van der Waals surface area contributed by atoms with Gasteiger partial charge in [0.25, 0.3) is 0 Å². The van der Waals surface area contributed by atoms with Gasteiger partial charge >= 0.3 is 0 Å². The van der Waals surface area contributed by atoms with Gasteiger partial charge in [-0.15, -0.1) is 0 Å². The van der Waals surface area contributed by atoms with Crippen LogP contribution in [0.25, 0.3) is 22.3 Å². The minimum atomic E-state index is 0.610. The van der Waals surface area contributed by atoms with E-state index in [1.54, 1.807) is 11.6 Å². The van der Waals surface area contributed by atoms with Crippen LogP contribution in [0.1, 0.15) is 116 Å². The molecule has 0 spiro atoms. The zero-order valence-corrected chi connectivity index (χ0v) is 28.2. The van der Waals surface area contributed by atoms with Crippen LogP contribution in [-0.4, -0.2) is 0 Å². The van der Waals surface area contributed by atoms with E-state index in [0.717, 1.165) is 12.8 Å². The van der Waals surface area contributed by atoms with Crippen molar-refractivity contribution in [1.82, 2.24) is 0 Å². The molecule has 0 unspecified atom stereocenters. The van der Waals surface area contributed by atoms with Gasteiger partial charge in [-0.1, -0.05) is 6.08 Å². The molecule has 0 heterocycles. The topological polar surface area (TPSA) is 0 Å². The number of allylic oxidation sites excluding steroid dienone is 1. The summed E-state index contributed by atoms with van der Waals surface area (Å²) in [6.07, 6.45) is 8.12. The molecule has 1 aliphatic rings. The molecule has 0 saturated heterocycles. The van der Waals surface area contributed by atoms with Crippen LogP contribution in [0.15, 0.2) is 12.4 Å². The lowest BCUT2D eigenvalue weighted by Crippen LogP contribution is -2.16. The predicted octanol–water partition coefficient (Wildman–Crippen LogP) is 12.2. The molecule has 0 N–H and O–H groups in total. The van der Waals surface area contributed by atoms with Crippen LogP contribution >= 0.6 is 0 Å². The van der Waals surface area contributed by atoms with Crippen molar-refractivity contribution >= 4 is 0 Å². The van der Waals surface area contributed by atoms with Gasteiger partial charge < -0.3 is 0 Å². The third kappa shape index (κ3) is 5.13. The predicted molar refractivity (Wildman–Crippen MR) is 178 cm³/mol. The fourth-order valence-electron chi connectivity index (χ4n) is 8.20. The van der Waals surface area contributed by atoms with Gasteiger partial charge in [0.05, 0.1) is 6.33 Å². The van der Waals surface area contributed by atoms with Crippen LogP contribution in [0.2, 0.25) is 0 Å². The zero-order chi connectivity index (χ0) is 30.5. The highest BCUT2D eigenvalue weighted by molar-refractivity contribution is 5.88. The molecular weight excluding hydrogens is 499 g/mol. The molecule has 1 fully saturated rings. The Morgan fingerprint density at radius 3 is 1.07 bits per heavy atom. The molecule has 0 bridgehead atoms. The van der Waals surface area contributed by atoms with Crippen LogP contribution in [0.5, 0.6) is 0 Å². The summed E-state index contributed by atoms with van der Waals surface area (Å²) in [5, 5.41) is 0. The summed E-state index contributed by atoms with van der Waals surface area (Å²) in [7, 11) is 0. The average Bonchev–Trinajstić information content (AvgIpc) is 2.96. The van der Waals surface area contributed by atoms with Gasteiger partial charge in [0.2, 0.25) is 0 Å². The second-order valence-corrected chi connectivity index (χ2v) is 13.4. The van der Waals surface area contributed by atoms with Crippen molar-refractivity contribution in [1.29, 1.82) is 0 Å². The van der Waals surface area contributed by atoms with Crippen molar-refractivity contribution in [3.63, 3.8) is 0 Å². The van der Waals surface area contributed by atoms with Gasteiger partial charge in [-0.3, -0.25) is 0 Å². The molecule has 3 aromatic rings. The van der Waals surface area contributed by atoms with E-state index in [9.17, 15) is 4.39 Å². The standard InChI is InChI=1S/C40H53F/c1-21-22(2)24(4)37(25(5)23(21)3)39-30(10)32(12)40(33(13)31(39)11)38-28(8)26(6)36(27(7)29(38)9)35-18-16-34(17-19-35)15-14-20-41/h14,20,34-35H,15-19H2,1-13H3/b20-14+. The Balaban J connectivity index is 1.89. The minimum absolute atomic E-state index is 0.610. The first-order valence-corrected chi connectivity index (χ1v) is 15.8. The molecule has 0 atom stereocenters. The SMILES string of the molecule is Cc1c(C)c(C)c(-c2c(C)c(C)c(-c3c(C)c(C)c(C4CCC(C/C=C/F)CC4)c(C)c3C)c(C)c2C)c(C)c1C. The van der Waals surface area contributed by atoms with Gasteiger partial charge in [0.1, 0.15) is 0 Å². The summed E-state index contributed by atoms with van der Waals surface area (Å²) in [5.41, 5.74) is 25.9. The molecule has 1 heteroatoms. The number of hydrogen-bond donors (Lipinski definition) is 0. The summed E-state index contributed by atoms with van der Waals surface area (Å²) in [5.74, 6) is 1.24. The van der Waals surface area contributed by atoms with Crippen LogP contribution < -0.4 is 0 Å². The maximum absolute atomic E-state index is 12.6. The lowest BCUT2D eigenvalue weighted by molar-refractivity contribution is 0.326. The lowest BCUT2D eigenvalue weighted by Gasteiger charge is -2.33. The van der Waals surface area contributed by atoms with Crippen molar-refractivity contribution in [3.05, 3.63) is 90.3 Å². The van der Waals surface area contributed by atoms with E-state index in [4.69, 9.17) is 0 Å². The summed E-state index contributed by atoms with van der Waals surface area (Å²) in [6, 6.07) is 0. The molecule has 220 valence electrons. The Morgan fingerprint density at radius 2 is 0.732 bits per heavy atom. The monoisotopic (exact) mass is 552 g/mol. The van der Waals surface area contributed by atoms with E-state index in [1.165, 1.54) is 120 Å². The Bertz CT molecular complexity index is 1450. The van der Waals surface area contributed by atoms with Crippen LogP contribution in [0.3, 0.4) is 0 Å². The highest BCUT2D eigenvalue weighted by Gasteiger charge is 2.29. The molecule has 1 aliphatic carbocycles. The second kappa shape index (κ2) is 11.9. The first-order valence-electron chi connectivity index (χ1n) is 15.8. The van der Waals surface area contributed by atoms with Gasteiger partial charge in [-0.2, -0.15) is 0 Å². The lowest BCUT2D eigenvalue weighted by atomic mass is 9.72. The van der Waals surface area contributed by atoms with Gasteiger partial charge in [-0.25, -0.2) is 4.39 Å². The van der Waals surface area contributed by atoms with E-state index < -0.39 is 0 Å². The third-order valence-electron chi connectivity index (χ3n) is 11.6. The molecule has 0 radical (unpaired) electrons. The summed E-state index contributed by atoms with van der Waals surface area (Å²) in [4.78, 5) is 0. The molecule has 4 rings (SSSR count). The molecule has 0 aliphatic heterocycles. The molecule has 0 nitrogen and oxygen atoms in total. The van der Waals surface area contributed by atoms with Crippen LogP contribution in [0.4, 0.5) is 4.39 Å². The van der Waals surface area contributed by atoms with Crippen LogP contribution in [-0.2, 0) is 0 Å². The quantitative estimate of drug-likeness (QED) is 0.295. The van der Waals surface area contributed by atoms with Crippen molar-refractivity contribution in [2.75, 3.05) is 0 Å². The average molecular weight is 553 g/mol. The van der Waals surface area contributed by atoms with E-state index >= 15 is 0 Å². The van der Waals surface area contributed by atoms with Gasteiger partial charge in [-0.05, 0) is 234 Å². The molecule has 1 saturated carbocycles. The van der Waals surface area contributed by atoms with Crippen LogP contribution in [0, 0.1) is 95.9 Å². The highest BCUT2D eigenvalue weighted by Crippen LogP contribution is 2.48.